The smallest absolute Gasteiger partial charge is 0.193 e. The molecule has 0 unspecified atom stereocenters. The van der Waals surface area contributed by atoms with Gasteiger partial charge in [-0.3, -0.25) is 9.59 Å². The normalized spacial score (nSPS) is 11.4. The highest BCUT2D eigenvalue weighted by Gasteiger charge is 2.12. The zero-order chi connectivity index (χ0) is 19.1. The molecule has 0 fully saturated rings. The molecule has 0 saturated heterocycles. The van der Waals surface area contributed by atoms with Crippen LogP contribution >= 0.6 is 0 Å². The van der Waals surface area contributed by atoms with E-state index >= 15 is 0 Å². The summed E-state index contributed by atoms with van der Waals surface area (Å²) >= 11 is 0. The first-order chi connectivity index (χ1) is 12.5. The summed E-state index contributed by atoms with van der Waals surface area (Å²) in [7, 11) is 1.58. The molecule has 0 amide bonds. The summed E-state index contributed by atoms with van der Waals surface area (Å²) in [4.78, 5) is 25.1. The zero-order valence-corrected chi connectivity index (χ0v) is 15.3. The molecular formula is C23H22O3. The quantitative estimate of drug-likeness (QED) is 0.394. The van der Waals surface area contributed by atoms with Gasteiger partial charge in [0.2, 0.25) is 0 Å². The first-order valence-corrected chi connectivity index (χ1v) is 8.29. The summed E-state index contributed by atoms with van der Waals surface area (Å²) in [5.74, 6) is 0.512. The van der Waals surface area contributed by atoms with Crippen molar-refractivity contribution in [2.24, 2.45) is 0 Å². The lowest BCUT2D eigenvalue weighted by Crippen LogP contribution is -2.04. The standard InChI is InChI=1S/C23H22O3/c1-5-17(7-6-16(2)3)22(24)18-8-10-19(11-9-18)23(25)20-12-14-21(26-4)15-13-20/h5-15H,2H2,1,3-4H3/b7-6-,17-5+. The van der Waals surface area contributed by atoms with E-state index in [1.54, 1.807) is 73.9 Å². The topological polar surface area (TPSA) is 43.4 Å². The minimum Gasteiger partial charge on any atom is -0.497 e. The van der Waals surface area contributed by atoms with Crippen molar-refractivity contribution in [1.82, 2.24) is 0 Å². The Morgan fingerprint density at radius 3 is 1.85 bits per heavy atom. The molecule has 2 rings (SSSR count). The van der Waals surface area contributed by atoms with E-state index in [1.807, 2.05) is 13.8 Å². The van der Waals surface area contributed by atoms with Crippen LogP contribution in [0, 0.1) is 0 Å². The molecule has 132 valence electrons. The highest BCUT2D eigenvalue weighted by atomic mass is 16.5. The molecule has 0 aliphatic carbocycles. The van der Waals surface area contributed by atoms with Crippen LogP contribution in [-0.4, -0.2) is 18.7 Å². The van der Waals surface area contributed by atoms with Crippen LogP contribution in [-0.2, 0) is 0 Å². The third kappa shape index (κ3) is 4.67. The highest BCUT2D eigenvalue weighted by molar-refractivity contribution is 6.12. The van der Waals surface area contributed by atoms with Crippen molar-refractivity contribution in [3.05, 3.63) is 101 Å². The van der Waals surface area contributed by atoms with Crippen LogP contribution in [0.25, 0.3) is 0 Å². The zero-order valence-electron chi connectivity index (χ0n) is 15.3. The van der Waals surface area contributed by atoms with Crippen molar-refractivity contribution in [2.45, 2.75) is 13.8 Å². The maximum Gasteiger partial charge on any atom is 0.193 e. The lowest BCUT2D eigenvalue weighted by atomic mass is 9.98. The van der Waals surface area contributed by atoms with E-state index in [0.717, 1.165) is 5.57 Å². The fourth-order valence-electron chi connectivity index (χ4n) is 2.38. The molecule has 0 N–H and O–H groups in total. The Morgan fingerprint density at radius 2 is 1.38 bits per heavy atom. The molecule has 0 bridgehead atoms. The summed E-state index contributed by atoms with van der Waals surface area (Å²) in [6.07, 6.45) is 5.31. The maximum atomic E-state index is 12.6. The van der Waals surface area contributed by atoms with Crippen molar-refractivity contribution in [1.29, 1.82) is 0 Å². The Bertz CT molecular complexity index is 867. The van der Waals surface area contributed by atoms with Gasteiger partial charge >= 0.3 is 0 Å². The van der Waals surface area contributed by atoms with Gasteiger partial charge in [0.15, 0.2) is 11.6 Å². The Morgan fingerprint density at radius 1 is 0.885 bits per heavy atom. The van der Waals surface area contributed by atoms with E-state index in [-0.39, 0.29) is 11.6 Å². The molecule has 26 heavy (non-hydrogen) atoms. The molecular weight excluding hydrogens is 324 g/mol. The summed E-state index contributed by atoms with van der Waals surface area (Å²) < 4.78 is 5.10. The van der Waals surface area contributed by atoms with Crippen molar-refractivity contribution in [3.63, 3.8) is 0 Å². The summed E-state index contributed by atoms with van der Waals surface area (Å²) in [5, 5.41) is 0. The second-order valence-electron chi connectivity index (χ2n) is 5.89. The van der Waals surface area contributed by atoms with Crippen LogP contribution in [0.4, 0.5) is 0 Å². The number of carbonyl (C=O) groups excluding carboxylic acids is 2. The first kappa shape index (κ1) is 19.1. The molecule has 0 aliphatic heterocycles. The summed E-state index contributed by atoms with van der Waals surface area (Å²) in [6.45, 7) is 7.48. The number of methoxy groups -OCH3 is 1. The average Bonchev–Trinajstić information content (AvgIpc) is 2.67. The molecule has 2 aromatic rings. The van der Waals surface area contributed by atoms with Crippen LogP contribution in [0.3, 0.4) is 0 Å². The van der Waals surface area contributed by atoms with E-state index in [2.05, 4.69) is 6.58 Å². The number of allylic oxidation sites excluding steroid dienone is 5. The number of Topliss-reactive ketones (excluding diaryl/α,β-unsaturated/α-hetero) is 1. The number of benzene rings is 2. The molecule has 0 aliphatic rings. The van der Waals surface area contributed by atoms with Gasteiger partial charge in [0.05, 0.1) is 7.11 Å². The van der Waals surface area contributed by atoms with Gasteiger partial charge in [0.1, 0.15) is 5.75 Å². The van der Waals surface area contributed by atoms with Crippen LogP contribution in [0.2, 0.25) is 0 Å². The van der Waals surface area contributed by atoms with Gasteiger partial charge < -0.3 is 4.74 Å². The lowest BCUT2D eigenvalue weighted by Gasteiger charge is -2.05. The first-order valence-electron chi connectivity index (χ1n) is 8.29. The van der Waals surface area contributed by atoms with E-state index in [0.29, 0.717) is 28.0 Å². The molecule has 3 heteroatoms. The van der Waals surface area contributed by atoms with Gasteiger partial charge in [-0.1, -0.05) is 54.6 Å². The molecule has 0 aromatic heterocycles. The molecule has 0 radical (unpaired) electrons. The fourth-order valence-corrected chi connectivity index (χ4v) is 2.38. The van der Waals surface area contributed by atoms with Gasteiger partial charge in [-0.2, -0.15) is 0 Å². The predicted molar refractivity (Wildman–Crippen MR) is 105 cm³/mol. The molecule has 0 heterocycles. The molecule has 0 atom stereocenters. The summed E-state index contributed by atoms with van der Waals surface area (Å²) in [6, 6.07) is 13.6. The Labute approximate surface area is 154 Å². The third-order valence-corrected chi connectivity index (χ3v) is 3.88. The van der Waals surface area contributed by atoms with E-state index in [9.17, 15) is 9.59 Å². The lowest BCUT2D eigenvalue weighted by molar-refractivity contribution is 0.102. The molecule has 3 nitrogen and oxygen atoms in total. The van der Waals surface area contributed by atoms with Crippen molar-refractivity contribution in [2.75, 3.05) is 7.11 Å². The SMILES string of the molecule is C=C(C)/C=C\C(=C/C)C(=O)c1ccc(C(=O)c2ccc(OC)cc2)cc1. The van der Waals surface area contributed by atoms with Gasteiger partial charge in [0.25, 0.3) is 0 Å². The van der Waals surface area contributed by atoms with E-state index in [1.165, 1.54) is 0 Å². The summed E-state index contributed by atoms with van der Waals surface area (Å²) in [5.41, 5.74) is 3.10. The Balaban J connectivity index is 2.20. The number of hydrogen-bond acceptors (Lipinski definition) is 3. The number of rotatable bonds is 7. The highest BCUT2D eigenvalue weighted by Crippen LogP contribution is 2.17. The molecule has 0 spiro atoms. The minimum atomic E-state index is -0.0971. The van der Waals surface area contributed by atoms with Gasteiger partial charge in [0, 0.05) is 22.3 Å². The van der Waals surface area contributed by atoms with Gasteiger partial charge in [-0.15, -0.1) is 0 Å². The van der Waals surface area contributed by atoms with Crippen molar-refractivity contribution >= 4 is 11.6 Å². The molecule has 2 aromatic carbocycles. The van der Waals surface area contributed by atoms with Crippen LogP contribution in [0.1, 0.15) is 40.1 Å². The largest absolute Gasteiger partial charge is 0.497 e. The minimum absolute atomic E-state index is 0.0894. The number of hydrogen-bond donors (Lipinski definition) is 0. The third-order valence-electron chi connectivity index (χ3n) is 3.88. The number of ether oxygens (including phenoxy) is 1. The van der Waals surface area contributed by atoms with Crippen LogP contribution < -0.4 is 4.74 Å². The Hall–Kier alpha value is -3.20. The number of ketones is 2. The number of carbonyl (C=O) groups is 2. The second kappa shape index (κ2) is 8.77. The van der Waals surface area contributed by atoms with Gasteiger partial charge in [-0.05, 0) is 38.1 Å². The van der Waals surface area contributed by atoms with Crippen molar-refractivity contribution < 1.29 is 14.3 Å². The predicted octanol–water partition coefficient (Wildman–Crippen LogP) is 5.19. The van der Waals surface area contributed by atoms with Crippen molar-refractivity contribution in [3.8, 4) is 5.75 Å². The fraction of sp³-hybridized carbons (Fsp3) is 0.130. The van der Waals surface area contributed by atoms with Crippen LogP contribution in [0.15, 0.2) is 84.5 Å². The maximum absolute atomic E-state index is 12.6. The monoisotopic (exact) mass is 346 g/mol. The van der Waals surface area contributed by atoms with E-state index in [4.69, 9.17) is 4.74 Å². The average molecular weight is 346 g/mol. The van der Waals surface area contributed by atoms with E-state index < -0.39 is 0 Å². The second-order valence-corrected chi connectivity index (χ2v) is 5.89. The van der Waals surface area contributed by atoms with Gasteiger partial charge in [-0.25, -0.2) is 0 Å². The van der Waals surface area contributed by atoms with Crippen LogP contribution in [0.5, 0.6) is 5.75 Å². The Kier molecular flexibility index (Phi) is 6.45. The molecule has 0 saturated carbocycles.